The molecule has 0 saturated carbocycles. The van der Waals surface area contributed by atoms with Crippen LogP contribution in [0.15, 0.2) is 23.3 Å². The molecule has 0 bridgehead atoms. The molecule has 1 rings (SSSR count). The van der Waals surface area contributed by atoms with Gasteiger partial charge in [0.15, 0.2) is 0 Å². The van der Waals surface area contributed by atoms with Gasteiger partial charge in [-0.15, -0.1) is 0 Å². The molecular formula is C12H19N3O. The minimum atomic E-state index is 0.532. The quantitative estimate of drug-likeness (QED) is 0.416. The van der Waals surface area contributed by atoms with Gasteiger partial charge in [0, 0.05) is 11.8 Å². The van der Waals surface area contributed by atoms with Crippen LogP contribution in [0.2, 0.25) is 0 Å². The molecule has 4 nitrogen and oxygen atoms in total. The third-order valence-electron chi connectivity index (χ3n) is 2.36. The van der Waals surface area contributed by atoms with Crippen LogP contribution in [0.5, 0.6) is 5.75 Å². The molecule has 0 spiro atoms. The number of nitrogens with one attached hydrogen (secondary N) is 1. The van der Waals surface area contributed by atoms with E-state index in [0.717, 1.165) is 6.42 Å². The van der Waals surface area contributed by atoms with Gasteiger partial charge in [-0.25, -0.2) is 5.53 Å². The fourth-order valence-corrected chi connectivity index (χ4v) is 1.45. The number of hydrogen-bond acceptors (Lipinski definition) is 4. The second-order valence-corrected chi connectivity index (χ2v) is 3.75. The van der Waals surface area contributed by atoms with Crippen LogP contribution in [0.25, 0.3) is 0 Å². The van der Waals surface area contributed by atoms with Crippen LogP contribution in [-0.2, 0) is 0 Å². The molecule has 0 heterocycles. The third-order valence-corrected chi connectivity index (χ3v) is 2.36. The predicted octanol–water partition coefficient (Wildman–Crippen LogP) is 3.89. The zero-order chi connectivity index (χ0) is 11.8. The number of ether oxygens (including phenoxy) is 1. The summed E-state index contributed by atoms with van der Waals surface area (Å²) < 4.78 is 5.56. The van der Waals surface area contributed by atoms with Crippen LogP contribution >= 0.6 is 0 Å². The monoisotopic (exact) mass is 221 g/mol. The van der Waals surface area contributed by atoms with Gasteiger partial charge in [0.1, 0.15) is 11.4 Å². The normalized spacial score (nSPS) is 10.1. The fourth-order valence-electron chi connectivity index (χ4n) is 1.45. The molecule has 0 saturated heterocycles. The number of unbranched alkanes of at least 4 members (excludes halogenated alkanes) is 3. The molecule has 16 heavy (non-hydrogen) atoms. The molecule has 1 aromatic rings. The Morgan fingerprint density at radius 2 is 2.12 bits per heavy atom. The molecule has 0 fully saturated rings. The molecule has 0 aliphatic rings. The number of benzene rings is 1. The lowest BCUT2D eigenvalue weighted by Crippen LogP contribution is -1.98. The number of rotatable bonds is 7. The summed E-state index contributed by atoms with van der Waals surface area (Å²) in [5.41, 5.74) is 13.8. The number of hydrogen-bond donors (Lipinski definition) is 2. The number of anilines is 1. The van der Waals surface area contributed by atoms with Crippen molar-refractivity contribution in [3.05, 3.63) is 18.2 Å². The van der Waals surface area contributed by atoms with Gasteiger partial charge in [0.05, 0.1) is 6.61 Å². The van der Waals surface area contributed by atoms with Crippen molar-refractivity contribution < 1.29 is 4.74 Å². The van der Waals surface area contributed by atoms with Crippen molar-refractivity contribution in [2.45, 2.75) is 32.6 Å². The molecule has 0 aliphatic heterocycles. The lowest BCUT2D eigenvalue weighted by Gasteiger charge is -2.08. The van der Waals surface area contributed by atoms with E-state index < -0.39 is 0 Å². The minimum Gasteiger partial charge on any atom is -0.491 e. The lowest BCUT2D eigenvalue weighted by atomic mass is 10.2. The topological polar surface area (TPSA) is 71.5 Å². The van der Waals surface area contributed by atoms with Crippen molar-refractivity contribution in [2.75, 3.05) is 12.3 Å². The van der Waals surface area contributed by atoms with E-state index in [-0.39, 0.29) is 0 Å². The molecule has 0 aromatic heterocycles. The maximum atomic E-state index is 7.01. The highest BCUT2D eigenvalue weighted by Crippen LogP contribution is 2.29. The van der Waals surface area contributed by atoms with Crippen LogP contribution in [0, 0.1) is 5.53 Å². The van der Waals surface area contributed by atoms with E-state index in [1.807, 2.05) is 0 Å². The van der Waals surface area contributed by atoms with E-state index in [1.54, 1.807) is 18.2 Å². The average Bonchev–Trinajstić information content (AvgIpc) is 2.29. The summed E-state index contributed by atoms with van der Waals surface area (Å²) >= 11 is 0. The van der Waals surface area contributed by atoms with E-state index in [4.69, 9.17) is 16.0 Å². The van der Waals surface area contributed by atoms with Crippen LogP contribution in [0.1, 0.15) is 32.6 Å². The molecular weight excluding hydrogens is 202 g/mol. The van der Waals surface area contributed by atoms with Crippen molar-refractivity contribution in [2.24, 2.45) is 5.11 Å². The first-order valence-electron chi connectivity index (χ1n) is 5.67. The van der Waals surface area contributed by atoms with E-state index in [0.29, 0.717) is 23.7 Å². The zero-order valence-electron chi connectivity index (χ0n) is 9.70. The Morgan fingerprint density at radius 1 is 1.31 bits per heavy atom. The van der Waals surface area contributed by atoms with Gasteiger partial charge in [0.2, 0.25) is 0 Å². The van der Waals surface area contributed by atoms with E-state index in [1.165, 1.54) is 19.3 Å². The van der Waals surface area contributed by atoms with Gasteiger partial charge in [-0.2, -0.15) is 5.11 Å². The summed E-state index contributed by atoms with van der Waals surface area (Å²) in [6.45, 7) is 2.84. The molecule has 0 unspecified atom stereocenters. The standard InChI is InChI=1S/C12H19N3O/c1-2-3-4-5-8-16-12-9-10(13)6-7-11(12)15-14/h6-7,9,14H,2-5,8,13H2,1H3. The summed E-state index contributed by atoms with van der Waals surface area (Å²) in [5, 5.41) is 3.40. The van der Waals surface area contributed by atoms with Crippen molar-refractivity contribution >= 4 is 11.4 Å². The van der Waals surface area contributed by atoms with Crippen LogP contribution in [0.3, 0.4) is 0 Å². The summed E-state index contributed by atoms with van der Waals surface area (Å²) in [7, 11) is 0. The van der Waals surface area contributed by atoms with Crippen molar-refractivity contribution in [1.29, 1.82) is 5.53 Å². The maximum Gasteiger partial charge on any atom is 0.148 e. The molecule has 0 radical (unpaired) electrons. The smallest absolute Gasteiger partial charge is 0.148 e. The van der Waals surface area contributed by atoms with E-state index in [9.17, 15) is 0 Å². The second kappa shape index (κ2) is 6.82. The molecule has 0 amide bonds. The fraction of sp³-hybridized carbons (Fsp3) is 0.500. The predicted molar refractivity (Wildman–Crippen MR) is 65.3 cm³/mol. The van der Waals surface area contributed by atoms with E-state index >= 15 is 0 Å². The summed E-state index contributed by atoms with van der Waals surface area (Å²) in [5.74, 6) is 0.603. The van der Waals surface area contributed by atoms with Gasteiger partial charge in [-0.1, -0.05) is 26.2 Å². The highest BCUT2D eigenvalue weighted by molar-refractivity contribution is 5.58. The Morgan fingerprint density at radius 3 is 2.81 bits per heavy atom. The van der Waals surface area contributed by atoms with Gasteiger partial charge in [0.25, 0.3) is 0 Å². The first-order chi connectivity index (χ1) is 7.77. The van der Waals surface area contributed by atoms with Crippen LogP contribution < -0.4 is 10.5 Å². The Hall–Kier alpha value is -1.58. The Kier molecular flexibility index (Phi) is 5.32. The van der Waals surface area contributed by atoms with Crippen LogP contribution in [0.4, 0.5) is 11.4 Å². The largest absolute Gasteiger partial charge is 0.491 e. The van der Waals surface area contributed by atoms with Crippen LogP contribution in [-0.4, -0.2) is 6.61 Å². The Labute approximate surface area is 96.3 Å². The van der Waals surface area contributed by atoms with Gasteiger partial charge < -0.3 is 10.5 Å². The Bertz CT molecular complexity index is 339. The first-order valence-corrected chi connectivity index (χ1v) is 5.67. The second-order valence-electron chi connectivity index (χ2n) is 3.75. The average molecular weight is 221 g/mol. The SMILES string of the molecule is CCCCCCOc1cc(N)ccc1N=N. The van der Waals surface area contributed by atoms with Gasteiger partial charge in [-0.05, 0) is 18.6 Å². The highest BCUT2D eigenvalue weighted by Gasteiger charge is 2.03. The first kappa shape index (κ1) is 12.5. The van der Waals surface area contributed by atoms with Crippen molar-refractivity contribution in [3.63, 3.8) is 0 Å². The third kappa shape index (κ3) is 3.88. The minimum absolute atomic E-state index is 0.532. The summed E-state index contributed by atoms with van der Waals surface area (Å²) in [4.78, 5) is 0. The maximum absolute atomic E-state index is 7.01. The molecule has 0 aliphatic carbocycles. The number of nitrogen functional groups attached to an aromatic ring is 1. The van der Waals surface area contributed by atoms with Crippen molar-refractivity contribution in [3.8, 4) is 5.75 Å². The zero-order valence-corrected chi connectivity index (χ0v) is 9.70. The molecule has 88 valence electrons. The molecule has 4 heteroatoms. The summed E-state index contributed by atoms with van der Waals surface area (Å²) in [6, 6.07) is 5.13. The van der Waals surface area contributed by atoms with Crippen molar-refractivity contribution in [1.82, 2.24) is 0 Å². The van der Waals surface area contributed by atoms with E-state index in [2.05, 4.69) is 12.0 Å². The van der Waals surface area contributed by atoms with Gasteiger partial charge >= 0.3 is 0 Å². The number of nitrogens with two attached hydrogens (primary N) is 1. The lowest BCUT2D eigenvalue weighted by molar-refractivity contribution is 0.306. The number of nitrogens with zero attached hydrogens (tertiary/aromatic N) is 1. The molecule has 1 aromatic carbocycles. The van der Waals surface area contributed by atoms with Gasteiger partial charge in [-0.3, -0.25) is 0 Å². The Balaban J connectivity index is 2.45. The molecule has 0 atom stereocenters. The molecule has 3 N–H and O–H groups in total. The highest BCUT2D eigenvalue weighted by atomic mass is 16.5. The summed E-state index contributed by atoms with van der Waals surface area (Å²) in [6.07, 6.45) is 4.65.